The van der Waals surface area contributed by atoms with E-state index in [1.165, 1.54) is 0 Å². The average Bonchev–Trinajstić information content (AvgIpc) is 3.27. The Hall–Kier alpha value is -3.65. The van der Waals surface area contributed by atoms with E-state index in [-0.39, 0.29) is 0 Å². The number of hydrogen-bond donors (Lipinski definition) is 1. The monoisotopic (exact) mass is 405 g/mol. The molecular weight excluding hydrogens is 382 g/mol. The van der Waals surface area contributed by atoms with Crippen molar-refractivity contribution in [3.8, 4) is 28.4 Å². The summed E-state index contributed by atoms with van der Waals surface area (Å²) in [4.78, 5) is 0. The van der Waals surface area contributed by atoms with Crippen LogP contribution in [0.2, 0.25) is 0 Å². The third kappa shape index (κ3) is 3.90. The summed E-state index contributed by atoms with van der Waals surface area (Å²) < 4.78 is 18.0. The van der Waals surface area contributed by atoms with Crippen LogP contribution in [-0.2, 0) is 13.1 Å². The van der Waals surface area contributed by atoms with E-state index < -0.39 is 0 Å². The second-order valence-corrected chi connectivity index (χ2v) is 6.70. The van der Waals surface area contributed by atoms with Crippen LogP contribution < -0.4 is 19.5 Å². The summed E-state index contributed by atoms with van der Waals surface area (Å²) in [7, 11) is 4.81. The Morgan fingerprint density at radius 1 is 0.867 bits per heavy atom. The molecule has 2 aromatic heterocycles. The van der Waals surface area contributed by atoms with Gasteiger partial charge in [0.1, 0.15) is 0 Å². The van der Waals surface area contributed by atoms with E-state index in [0.29, 0.717) is 30.3 Å². The predicted molar refractivity (Wildman–Crippen MR) is 113 cm³/mol. The van der Waals surface area contributed by atoms with E-state index in [1.807, 2.05) is 36.5 Å². The van der Waals surface area contributed by atoms with Gasteiger partial charge < -0.3 is 19.5 Å². The Morgan fingerprint density at radius 3 is 2.27 bits per heavy atom. The van der Waals surface area contributed by atoms with Crippen molar-refractivity contribution in [1.82, 2.24) is 25.4 Å². The van der Waals surface area contributed by atoms with E-state index in [9.17, 15) is 0 Å². The molecule has 0 radical (unpaired) electrons. The minimum absolute atomic E-state index is 0.579. The molecule has 0 spiro atoms. The van der Waals surface area contributed by atoms with Gasteiger partial charge in [0.2, 0.25) is 5.75 Å². The molecule has 0 fully saturated rings. The number of benzene rings is 2. The van der Waals surface area contributed by atoms with Crippen LogP contribution in [0.25, 0.3) is 16.8 Å². The van der Waals surface area contributed by atoms with Crippen molar-refractivity contribution >= 4 is 5.65 Å². The molecule has 0 bridgehead atoms. The number of rotatable bonds is 8. The predicted octanol–water partition coefficient (Wildman–Crippen LogP) is 3.11. The summed E-state index contributed by atoms with van der Waals surface area (Å²) in [5, 5.41) is 15.5. The van der Waals surface area contributed by atoms with Crippen LogP contribution in [0.5, 0.6) is 17.2 Å². The van der Waals surface area contributed by atoms with Crippen molar-refractivity contribution in [2.75, 3.05) is 21.3 Å². The van der Waals surface area contributed by atoms with Crippen LogP contribution in [0.3, 0.4) is 0 Å². The highest BCUT2D eigenvalue weighted by Crippen LogP contribution is 2.38. The van der Waals surface area contributed by atoms with Gasteiger partial charge in [-0.2, -0.15) is 4.52 Å². The van der Waals surface area contributed by atoms with E-state index in [4.69, 9.17) is 14.2 Å². The lowest BCUT2D eigenvalue weighted by atomic mass is 10.1. The molecule has 0 aliphatic heterocycles. The van der Waals surface area contributed by atoms with Gasteiger partial charge in [0, 0.05) is 30.4 Å². The summed E-state index contributed by atoms with van der Waals surface area (Å²) in [6.45, 7) is 1.21. The van der Waals surface area contributed by atoms with Crippen LogP contribution in [0.15, 0.2) is 54.7 Å². The van der Waals surface area contributed by atoms with Crippen LogP contribution >= 0.6 is 0 Å². The molecular formula is C22H23N5O3. The van der Waals surface area contributed by atoms with Gasteiger partial charge in [-0.1, -0.05) is 30.3 Å². The van der Waals surface area contributed by atoms with Gasteiger partial charge in [0.15, 0.2) is 17.1 Å². The van der Waals surface area contributed by atoms with Gasteiger partial charge in [-0.15, -0.1) is 5.10 Å². The number of methoxy groups -OCH3 is 3. The zero-order valence-electron chi connectivity index (χ0n) is 17.1. The molecule has 1 N–H and O–H groups in total. The molecule has 154 valence electrons. The fraction of sp³-hybridized carbons (Fsp3) is 0.227. The molecule has 0 unspecified atom stereocenters. The maximum Gasteiger partial charge on any atom is 0.203 e. The van der Waals surface area contributed by atoms with Gasteiger partial charge in [-0.25, -0.2) is 0 Å². The molecule has 8 heteroatoms. The molecule has 0 saturated carbocycles. The highest BCUT2D eigenvalue weighted by Gasteiger charge is 2.14. The molecule has 0 amide bonds. The van der Waals surface area contributed by atoms with Crippen molar-refractivity contribution in [2.24, 2.45) is 0 Å². The maximum absolute atomic E-state index is 5.43. The number of ether oxygens (including phenoxy) is 3. The Kier molecular flexibility index (Phi) is 5.76. The number of aromatic nitrogens is 4. The topological polar surface area (TPSA) is 82.8 Å². The lowest BCUT2D eigenvalue weighted by Gasteiger charge is -2.14. The van der Waals surface area contributed by atoms with Gasteiger partial charge in [-0.3, -0.25) is 0 Å². The minimum Gasteiger partial charge on any atom is -0.493 e. The Bertz CT molecular complexity index is 1120. The van der Waals surface area contributed by atoms with Gasteiger partial charge in [0.05, 0.1) is 21.3 Å². The molecule has 4 rings (SSSR count). The summed E-state index contributed by atoms with van der Waals surface area (Å²) >= 11 is 0. The zero-order chi connectivity index (χ0) is 20.9. The van der Waals surface area contributed by atoms with Crippen molar-refractivity contribution in [1.29, 1.82) is 0 Å². The Labute approximate surface area is 174 Å². The van der Waals surface area contributed by atoms with Crippen molar-refractivity contribution in [3.63, 3.8) is 0 Å². The van der Waals surface area contributed by atoms with E-state index in [0.717, 1.165) is 27.9 Å². The second-order valence-electron chi connectivity index (χ2n) is 6.70. The first kappa shape index (κ1) is 19.7. The Morgan fingerprint density at radius 2 is 1.60 bits per heavy atom. The molecule has 4 aromatic rings. The highest BCUT2D eigenvalue weighted by molar-refractivity contribution is 5.66. The molecule has 2 aromatic carbocycles. The van der Waals surface area contributed by atoms with Gasteiger partial charge in [0.25, 0.3) is 0 Å². The molecule has 0 saturated heterocycles. The largest absolute Gasteiger partial charge is 0.493 e. The van der Waals surface area contributed by atoms with Crippen molar-refractivity contribution < 1.29 is 14.2 Å². The average molecular weight is 405 g/mol. The fourth-order valence-electron chi connectivity index (χ4n) is 3.41. The van der Waals surface area contributed by atoms with E-state index in [2.05, 4.69) is 39.0 Å². The number of nitrogens with one attached hydrogen (secondary N) is 1. The number of tetrazole rings is 1. The smallest absolute Gasteiger partial charge is 0.203 e. The number of nitrogens with zero attached hydrogens (tertiary/aromatic N) is 4. The van der Waals surface area contributed by atoms with Gasteiger partial charge >= 0.3 is 0 Å². The molecule has 0 atom stereocenters. The minimum atomic E-state index is 0.579. The molecule has 8 nitrogen and oxygen atoms in total. The maximum atomic E-state index is 5.43. The van der Waals surface area contributed by atoms with Crippen LogP contribution in [0.1, 0.15) is 11.1 Å². The Balaban J connectivity index is 1.56. The van der Waals surface area contributed by atoms with Crippen LogP contribution in [0, 0.1) is 0 Å². The number of fused-ring (bicyclic) bond motifs is 1. The van der Waals surface area contributed by atoms with E-state index in [1.54, 1.807) is 25.8 Å². The van der Waals surface area contributed by atoms with Crippen molar-refractivity contribution in [3.05, 3.63) is 65.9 Å². The lowest BCUT2D eigenvalue weighted by molar-refractivity contribution is 0.323. The first-order valence-electron chi connectivity index (χ1n) is 9.49. The van der Waals surface area contributed by atoms with Crippen LogP contribution in [0.4, 0.5) is 0 Å². The van der Waals surface area contributed by atoms with E-state index >= 15 is 0 Å². The second kappa shape index (κ2) is 8.79. The van der Waals surface area contributed by atoms with Crippen LogP contribution in [-0.4, -0.2) is 41.4 Å². The first-order valence-corrected chi connectivity index (χ1v) is 9.49. The normalized spacial score (nSPS) is 10.9. The highest BCUT2D eigenvalue weighted by atomic mass is 16.5. The lowest BCUT2D eigenvalue weighted by Crippen LogP contribution is -2.14. The summed E-state index contributed by atoms with van der Waals surface area (Å²) in [6, 6.07) is 16.1. The third-order valence-electron chi connectivity index (χ3n) is 4.85. The summed E-state index contributed by atoms with van der Waals surface area (Å²) in [5.41, 5.74) is 4.92. The number of hydrogen-bond acceptors (Lipinski definition) is 7. The standard InChI is InChI=1S/C22H23N5O3/c1-28-19-9-15(10-20(29-2)21(19)30-3)12-23-13-17-11-18(16-7-5-4-6-8-16)14-27-22(17)24-25-26-27/h4-11,14,23H,12-13H2,1-3H3. The first-order chi connectivity index (χ1) is 14.7. The fourth-order valence-corrected chi connectivity index (χ4v) is 3.41. The van der Waals surface area contributed by atoms with Crippen molar-refractivity contribution in [2.45, 2.75) is 13.1 Å². The summed E-state index contributed by atoms with van der Waals surface area (Å²) in [5.74, 6) is 1.84. The molecule has 0 aliphatic carbocycles. The SMILES string of the molecule is COc1cc(CNCc2cc(-c3ccccc3)cn3nnnc23)cc(OC)c1OC. The quantitative estimate of drug-likeness (QED) is 0.482. The zero-order valence-corrected chi connectivity index (χ0v) is 17.1. The molecule has 0 aliphatic rings. The molecule has 2 heterocycles. The number of pyridine rings is 1. The van der Waals surface area contributed by atoms with Gasteiger partial charge in [-0.05, 0) is 39.8 Å². The summed E-state index contributed by atoms with van der Waals surface area (Å²) in [6.07, 6.45) is 1.94. The third-order valence-corrected chi connectivity index (χ3v) is 4.85. The molecule has 30 heavy (non-hydrogen) atoms.